The number of hydrogen-bond donors (Lipinski definition) is 0. The van der Waals surface area contributed by atoms with E-state index in [-0.39, 0.29) is 18.5 Å². The largest absolute Gasteiger partial charge is 0.390 e. The van der Waals surface area contributed by atoms with E-state index < -0.39 is 12.6 Å². The highest BCUT2D eigenvalue weighted by Gasteiger charge is 2.30. The fraction of sp³-hybridized carbons (Fsp3) is 0.444. The van der Waals surface area contributed by atoms with Crippen LogP contribution in [0.15, 0.2) is 36.7 Å². The average molecular weight is 383 g/mol. The zero-order valence-corrected chi connectivity index (χ0v) is 15.2. The monoisotopic (exact) mass is 383 g/mol. The fourth-order valence-electron chi connectivity index (χ4n) is 2.91. The molecular weight excluding hydrogens is 363 g/mol. The molecule has 1 aromatic heterocycles. The molecule has 2 aromatic rings. The molecule has 3 rings (SSSR count). The van der Waals surface area contributed by atoms with Crippen molar-refractivity contribution < 1.29 is 18.0 Å². The van der Waals surface area contributed by atoms with Gasteiger partial charge in [-0.3, -0.25) is 9.48 Å². The van der Waals surface area contributed by atoms with Gasteiger partial charge in [-0.25, -0.2) is 0 Å². The number of thioether (sulfide) groups is 1. The lowest BCUT2D eigenvalue weighted by atomic mass is 10.0. The van der Waals surface area contributed by atoms with E-state index >= 15 is 0 Å². The standard InChI is InChI=1S/C18H20F3N3OS/c1-13-2-4-14(5-3-13)16-12-26-9-8-24(16)17(25)15-10-22-23(11-15)7-6-18(19,20)21/h2-5,10-11,16H,6-9,12H2,1H3. The van der Waals surface area contributed by atoms with Gasteiger partial charge in [0, 0.05) is 30.8 Å². The number of carbonyl (C=O) groups excluding carboxylic acids is 1. The Balaban J connectivity index is 1.74. The van der Waals surface area contributed by atoms with Crippen LogP contribution in [0.1, 0.15) is 33.9 Å². The number of halogens is 3. The van der Waals surface area contributed by atoms with Crippen molar-refractivity contribution >= 4 is 17.7 Å². The molecule has 8 heteroatoms. The van der Waals surface area contributed by atoms with Crippen molar-refractivity contribution in [3.63, 3.8) is 0 Å². The number of benzene rings is 1. The molecule has 1 atom stereocenters. The van der Waals surface area contributed by atoms with E-state index in [1.54, 1.807) is 16.7 Å². The summed E-state index contributed by atoms with van der Waals surface area (Å²) in [7, 11) is 0. The lowest BCUT2D eigenvalue weighted by molar-refractivity contribution is -0.137. The van der Waals surface area contributed by atoms with Crippen LogP contribution in [0.4, 0.5) is 13.2 Å². The number of nitrogens with zero attached hydrogens (tertiary/aromatic N) is 3. The third kappa shape index (κ3) is 4.60. The molecule has 1 aromatic carbocycles. The second kappa shape index (κ2) is 7.73. The topological polar surface area (TPSA) is 38.1 Å². The Kier molecular flexibility index (Phi) is 5.60. The first-order valence-corrected chi connectivity index (χ1v) is 9.53. The first-order chi connectivity index (χ1) is 12.3. The second-order valence-corrected chi connectivity index (χ2v) is 7.51. The molecule has 1 saturated heterocycles. The zero-order chi connectivity index (χ0) is 18.7. The molecular formula is C18H20F3N3OS. The van der Waals surface area contributed by atoms with Crippen LogP contribution in [0.25, 0.3) is 0 Å². The smallest absolute Gasteiger partial charge is 0.330 e. The molecule has 140 valence electrons. The summed E-state index contributed by atoms with van der Waals surface area (Å²) in [4.78, 5) is 14.7. The van der Waals surface area contributed by atoms with Crippen LogP contribution in [0.2, 0.25) is 0 Å². The maximum absolute atomic E-state index is 12.9. The Labute approximate surface area is 154 Å². The van der Waals surface area contributed by atoms with Crippen molar-refractivity contribution in [2.45, 2.75) is 32.1 Å². The van der Waals surface area contributed by atoms with Gasteiger partial charge in [-0.1, -0.05) is 29.8 Å². The predicted molar refractivity (Wildman–Crippen MR) is 95.2 cm³/mol. The van der Waals surface area contributed by atoms with E-state index in [0.717, 1.165) is 22.6 Å². The highest BCUT2D eigenvalue weighted by molar-refractivity contribution is 7.99. The number of carbonyl (C=O) groups is 1. The van der Waals surface area contributed by atoms with Gasteiger partial charge in [0.05, 0.1) is 24.2 Å². The molecule has 1 fully saturated rings. The summed E-state index contributed by atoms with van der Waals surface area (Å²) in [6.07, 6.45) is -2.44. The highest BCUT2D eigenvalue weighted by atomic mass is 32.2. The van der Waals surface area contributed by atoms with Crippen LogP contribution in [-0.2, 0) is 6.54 Å². The summed E-state index contributed by atoms with van der Waals surface area (Å²) in [6.45, 7) is 2.33. The molecule has 0 N–H and O–H groups in total. The maximum Gasteiger partial charge on any atom is 0.390 e. The molecule has 26 heavy (non-hydrogen) atoms. The molecule has 2 heterocycles. The molecule has 0 radical (unpaired) electrons. The lowest BCUT2D eigenvalue weighted by Gasteiger charge is -2.35. The molecule has 1 unspecified atom stereocenters. The fourth-order valence-corrected chi connectivity index (χ4v) is 4.00. The first kappa shape index (κ1) is 18.8. The lowest BCUT2D eigenvalue weighted by Crippen LogP contribution is -2.40. The Bertz CT molecular complexity index is 758. The molecule has 1 aliphatic heterocycles. The normalized spacial score (nSPS) is 18.2. The third-order valence-corrected chi connectivity index (χ3v) is 5.38. The van der Waals surface area contributed by atoms with Gasteiger partial charge < -0.3 is 4.90 Å². The maximum atomic E-state index is 12.9. The molecule has 4 nitrogen and oxygen atoms in total. The number of hydrogen-bond acceptors (Lipinski definition) is 3. The SMILES string of the molecule is Cc1ccc(C2CSCCN2C(=O)c2cnn(CCC(F)(F)F)c2)cc1. The molecule has 1 amide bonds. The predicted octanol–water partition coefficient (Wildman–Crippen LogP) is 4.07. The number of rotatable bonds is 4. The van der Waals surface area contributed by atoms with Gasteiger partial charge in [-0.15, -0.1) is 0 Å². The molecule has 0 bridgehead atoms. The highest BCUT2D eigenvalue weighted by Crippen LogP contribution is 2.31. The van der Waals surface area contributed by atoms with Crippen molar-refractivity contribution in [2.75, 3.05) is 18.1 Å². The molecule has 1 aliphatic rings. The minimum absolute atomic E-state index is 0.0413. The van der Waals surface area contributed by atoms with E-state index in [4.69, 9.17) is 0 Å². The van der Waals surface area contributed by atoms with Crippen LogP contribution >= 0.6 is 11.8 Å². The summed E-state index contributed by atoms with van der Waals surface area (Å²) >= 11 is 1.79. The van der Waals surface area contributed by atoms with E-state index in [0.29, 0.717) is 12.1 Å². The van der Waals surface area contributed by atoms with Gasteiger partial charge in [0.2, 0.25) is 0 Å². The summed E-state index contributed by atoms with van der Waals surface area (Å²) in [5.74, 6) is 1.46. The van der Waals surface area contributed by atoms with Crippen molar-refractivity contribution in [1.29, 1.82) is 0 Å². The van der Waals surface area contributed by atoms with Crippen LogP contribution in [0.3, 0.4) is 0 Å². The van der Waals surface area contributed by atoms with E-state index in [2.05, 4.69) is 5.10 Å². The van der Waals surface area contributed by atoms with Gasteiger partial charge in [-0.05, 0) is 12.5 Å². The first-order valence-electron chi connectivity index (χ1n) is 8.38. The zero-order valence-electron chi connectivity index (χ0n) is 14.4. The third-order valence-electron chi connectivity index (χ3n) is 4.36. The van der Waals surface area contributed by atoms with Gasteiger partial charge in [0.1, 0.15) is 0 Å². The number of aryl methyl sites for hydroxylation is 2. The summed E-state index contributed by atoms with van der Waals surface area (Å²) in [6, 6.07) is 8.05. The van der Waals surface area contributed by atoms with Gasteiger partial charge in [-0.2, -0.15) is 30.0 Å². The van der Waals surface area contributed by atoms with Crippen LogP contribution in [0, 0.1) is 6.92 Å². The Morgan fingerprint density at radius 2 is 2.04 bits per heavy atom. The molecule has 0 saturated carbocycles. The molecule has 0 spiro atoms. The minimum atomic E-state index is -4.24. The summed E-state index contributed by atoms with van der Waals surface area (Å²) in [5.41, 5.74) is 2.55. The number of aromatic nitrogens is 2. The average Bonchev–Trinajstić information content (AvgIpc) is 3.09. The van der Waals surface area contributed by atoms with Gasteiger partial charge >= 0.3 is 6.18 Å². The van der Waals surface area contributed by atoms with Gasteiger partial charge in [0.25, 0.3) is 5.91 Å². The quantitative estimate of drug-likeness (QED) is 0.799. The van der Waals surface area contributed by atoms with E-state index in [1.807, 2.05) is 31.2 Å². The summed E-state index contributed by atoms with van der Waals surface area (Å²) < 4.78 is 38.2. The van der Waals surface area contributed by atoms with E-state index in [9.17, 15) is 18.0 Å². The Morgan fingerprint density at radius 1 is 1.31 bits per heavy atom. The van der Waals surface area contributed by atoms with Gasteiger partial charge in [0.15, 0.2) is 0 Å². The van der Waals surface area contributed by atoms with Crippen molar-refractivity contribution in [2.24, 2.45) is 0 Å². The van der Waals surface area contributed by atoms with Crippen molar-refractivity contribution in [3.8, 4) is 0 Å². The number of alkyl halides is 3. The van der Waals surface area contributed by atoms with Crippen LogP contribution < -0.4 is 0 Å². The Hall–Kier alpha value is -1.96. The van der Waals surface area contributed by atoms with E-state index in [1.165, 1.54) is 17.1 Å². The minimum Gasteiger partial charge on any atom is -0.330 e. The Morgan fingerprint density at radius 3 is 2.73 bits per heavy atom. The number of amides is 1. The van der Waals surface area contributed by atoms with Crippen LogP contribution in [-0.4, -0.2) is 44.8 Å². The van der Waals surface area contributed by atoms with Crippen LogP contribution in [0.5, 0.6) is 0 Å². The molecule has 0 aliphatic carbocycles. The second-order valence-electron chi connectivity index (χ2n) is 6.36. The summed E-state index contributed by atoms with van der Waals surface area (Å²) in [5, 5.41) is 3.91. The van der Waals surface area contributed by atoms with Crippen molar-refractivity contribution in [3.05, 3.63) is 53.3 Å². The van der Waals surface area contributed by atoms with Crippen molar-refractivity contribution in [1.82, 2.24) is 14.7 Å².